The number of aromatic nitrogens is 1. The first-order valence-corrected chi connectivity index (χ1v) is 12.7. The lowest BCUT2D eigenvalue weighted by molar-refractivity contribution is -0.121. The first kappa shape index (κ1) is 25.6. The number of amides is 2. The molecule has 1 unspecified atom stereocenters. The number of hydrogen-bond donors (Lipinski definition) is 2. The molecule has 2 amide bonds. The number of hydrogen-bond acceptors (Lipinski definition) is 4. The molecule has 36 heavy (non-hydrogen) atoms. The van der Waals surface area contributed by atoms with Crippen LogP contribution in [0.2, 0.25) is 0 Å². The minimum Gasteiger partial charge on any atom is -0.497 e. The molecule has 1 fully saturated rings. The average molecular weight is 492 g/mol. The van der Waals surface area contributed by atoms with Gasteiger partial charge in [-0.1, -0.05) is 18.2 Å². The molecule has 192 valence electrons. The van der Waals surface area contributed by atoms with E-state index in [1.165, 1.54) is 0 Å². The van der Waals surface area contributed by atoms with Gasteiger partial charge < -0.3 is 24.7 Å². The third-order valence-corrected chi connectivity index (χ3v) is 6.55. The molecule has 7 heteroatoms. The number of aromatic amines is 1. The van der Waals surface area contributed by atoms with Crippen LogP contribution in [0.1, 0.15) is 45.6 Å². The zero-order valence-corrected chi connectivity index (χ0v) is 21.7. The number of nitrogens with one attached hydrogen (secondary N) is 2. The van der Waals surface area contributed by atoms with Crippen LogP contribution in [-0.2, 0) is 16.0 Å². The largest absolute Gasteiger partial charge is 0.497 e. The summed E-state index contributed by atoms with van der Waals surface area (Å²) in [7, 11) is 1.66. The number of carbonyl (C=O) groups is 2. The minimum atomic E-state index is -0.509. The van der Waals surface area contributed by atoms with Gasteiger partial charge in [-0.15, -0.1) is 0 Å². The van der Waals surface area contributed by atoms with E-state index < -0.39 is 5.60 Å². The molecule has 4 rings (SSSR count). The number of ether oxygens (including phenoxy) is 2. The summed E-state index contributed by atoms with van der Waals surface area (Å²) in [6, 6.07) is 16.2. The number of piperidine rings is 1. The highest BCUT2D eigenvalue weighted by atomic mass is 16.6. The highest BCUT2D eigenvalue weighted by molar-refractivity contribution is 5.91. The summed E-state index contributed by atoms with van der Waals surface area (Å²) in [5.74, 6) is 1.07. The fourth-order valence-corrected chi connectivity index (χ4v) is 4.77. The molecule has 0 spiro atoms. The number of likely N-dealkylation sites (tertiary alicyclic amines) is 1. The van der Waals surface area contributed by atoms with Crippen LogP contribution in [0.3, 0.4) is 0 Å². The molecule has 1 aliphatic heterocycles. The fourth-order valence-electron chi connectivity index (χ4n) is 4.77. The van der Waals surface area contributed by atoms with Gasteiger partial charge in [-0.05, 0) is 87.4 Å². The predicted octanol–water partition coefficient (Wildman–Crippen LogP) is 5.54. The van der Waals surface area contributed by atoms with Crippen LogP contribution in [0.25, 0.3) is 22.2 Å². The van der Waals surface area contributed by atoms with Gasteiger partial charge in [0.1, 0.15) is 11.4 Å². The van der Waals surface area contributed by atoms with Gasteiger partial charge >= 0.3 is 6.09 Å². The molecule has 3 aromatic rings. The van der Waals surface area contributed by atoms with Crippen molar-refractivity contribution in [2.75, 3.05) is 26.7 Å². The Kier molecular flexibility index (Phi) is 7.87. The Morgan fingerprint density at radius 1 is 1.11 bits per heavy atom. The van der Waals surface area contributed by atoms with Crippen LogP contribution < -0.4 is 10.1 Å². The summed E-state index contributed by atoms with van der Waals surface area (Å²) in [5, 5.41) is 4.24. The third kappa shape index (κ3) is 6.39. The fraction of sp³-hybridized carbons (Fsp3) is 0.448. The van der Waals surface area contributed by atoms with Crippen molar-refractivity contribution in [2.24, 2.45) is 5.92 Å². The van der Waals surface area contributed by atoms with Crippen molar-refractivity contribution in [1.82, 2.24) is 15.2 Å². The Labute approximate surface area is 213 Å². The Bertz CT molecular complexity index is 1190. The van der Waals surface area contributed by atoms with Crippen molar-refractivity contribution >= 4 is 22.9 Å². The lowest BCUT2D eigenvalue weighted by Gasteiger charge is -2.34. The number of benzene rings is 2. The van der Waals surface area contributed by atoms with Crippen LogP contribution in [0.4, 0.5) is 4.79 Å². The van der Waals surface area contributed by atoms with Crippen molar-refractivity contribution in [2.45, 2.75) is 52.1 Å². The van der Waals surface area contributed by atoms with E-state index in [9.17, 15) is 9.59 Å². The molecular formula is C29H37N3O4. The van der Waals surface area contributed by atoms with E-state index in [1.54, 1.807) is 12.0 Å². The van der Waals surface area contributed by atoms with E-state index in [4.69, 9.17) is 9.47 Å². The normalized spacial score (nSPS) is 16.1. The van der Waals surface area contributed by atoms with E-state index in [2.05, 4.69) is 22.4 Å². The number of aryl methyl sites for hydroxylation is 1. The first-order valence-electron chi connectivity index (χ1n) is 12.7. The molecule has 1 aliphatic rings. The number of methoxy groups -OCH3 is 1. The highest BCUT2D eigenvalue weighted by Gasteiger charge is 2.27. The minimum absolute atomic E-state index is 0.0235. The number of nitrogens with zero attached hydrogens (tertiary/aromatic N) is 1. The second-order valence-electron chi connectivity index (χ2n) is 10.5. The molecule has 1 aromatic heterocycles. The molecule has 0 radical (unpaired) electrons. The van der Waals surface area contributed by atoms with Gasteiger partial charge in [0.25, 0.3) is 0 Å². The number of fused-ring (bicyclic) bond motifs is 1. The summed E-state index contributed by atoms with van der Waals surface area (Å²) in [6.07, 6.45) is 2.66. The molecule has 7 nitrogen and oxygen atoms in total. The standard InChI is InChI=1S/C29H37N3O4/c1-29(2,3)36-28(34)32-17-7-8-20(19-32)18-30-26(33)16-15-24-23-9-5-6-10-25(23)31-27(24)21-11-13-22(35-4)14-12-21/h5-6,9-14,20,31H,7-8,15-19H2,1-4H3,(H,30,33). The predicted molar refractivity (Wildman–Crippen MR) is 142 cm³/mol. The second kappa shape index (κ2) is 11.1. The molecule has 2 N–H and O–H groups in total. The Hall–Kier alpha value is -3.48. The van der Waals surface area contributed by atoms with Crippen molar-refractivity contribution in [3.8, 4) is 17.0 Å². The average Bonchev–Trinajstić information content (AvgIpc) is 3.24. The van der Waals surface area contributed by atoms with Crippen molar-refractivity contribution < 1.29 is 19.1 Å². The monoisotopic (exact) mass is 491 g/mol. The number of para-hydroxylation sites is 1. The van der Waals surface area contributed by atoms with Gasteiger partial charge in [-0.25, -0.2) is 4.79 Å². The topological polar surface area (TPSA) is 83.7 Å². The molecule has 0 bridgehead atoms. The van der Waals surface area contributed by atoms with Crippen molar-refractivity contribution in [3.05, 3.63) is 54.1 Å². The van der Waals surface area contributed by atoms with Gasteiger partial charge in [0.05, 0.1) is 7.11 Å². The van der Waals surface area contributed by atoms with Gasteiger partial charge in [0.2, 0.25) is 5.91 Å². The van der Waals surface area contributed by atoms with E-state index in [0.717, 1.165) is 46.3 Å². The van der Waals surface area contributed by atoms with E-state index in [-0.39, 0.29) is 17.9 Å². The lowest BCUT2D eigenvalue weighted by atomic mass is 9.98. The van der Waals surface area contributed by atoms with E-state index in [1.807, 2.05) is 57.2 Å². The highest BCUT2D eigenvalue weighted by Crippen LogP contribution is 2.32. The molecule has 2 heterocycles. The summed E-state index contributed by atoms with van der Waals surface area (Å²) >= 11 is 0. The van der Waals surface area contributed by atoms with Crippen LogP contribution in [0, 0.1) is 5.92 Å². The Balaban J connectivity index is 1.37. The number of H-pyrrole nitrogens is 1. The smallest absolute Gasteiger partial charge is 0.410 e. The molecule has 1 saturated heterocycles. The maximum Gasteiger partial charge on any atom is 0.410 e. The Morgan fingerprint density at radius 3 is 2.58 bits per heavy atom. The van der Waals surface area contributed by atoms with Crippen molar-refractivity contribution in [3.63, 3.8) is 0 Å². The zero-order valence-electron chi connectivity index (χ0n) is 21.7. The number of rotatable bonds is 7. The molecule has 2 aromatic carbocycles. The number of carbonyl (C=O) groups excluding carboxylic acids is 2. The third-order valence-electron chi connectivity index (χ3n) is 6.55. The molecular weight excluding hydrogens is 454 g/mol. The summed E-state index contributed by atoms with van der Waals surface area (Å²) in [4.78, 5) is 30.5. The van der Waals surface area contributed by atoms with Gasteiger partial charge in [0, 0.05) is 42.7 Å². The Morgan fingerprint density at radius 2 is 1.86 bits per heavy atom. The van der Waals surface area contributed by atoms with Crippen LogP contribution in [-0.4, -0.2) is 54.2 Å². The maximum atomic E-state index is 12.8. The zero-order chi connectivity index (χ0) is 25.7. The SMILES string of the molecule is COc1ccc(-c2[nH]c3ccccc3c2CCC(=O)NCC2CCCN(C(=O)OC(C)(C)C)C2)cc1. The molecule has 0 aliphatic carbocycles. The van der Waals surface area contributed by atoms with E-state index in [0.29, 0.717) is 32.5 Å². The quantitative estimate of drug-likeness (QED) is 0.455. The first-order chi connectivity index (χ1) is 17.2. The summed E-state index contributed by atoms with van der Waals surface area (Å²) in [6.45, 7) is 7.51. The maximum absolute atomic E-state index is 12.8. The van der Waals surface area contributed by atoms with Crippen LogP contribution in [0.15, 0.2) is 48.5 Å². The summed E-state index contributed by atoms with van der Waals surface area (Å²) < 4.78 is 10.8. The van der Waals surface area contributed by atoms with Crippen molar-refractivity contribution in [1.29, 1.82) is 0 Å². The molecule has 1 atom stereocenters. The van der Waals surface area contributed by atoms with Gasteiger partial charge in [-0.3, -0.25) is 4.79 Å². The lowest BCUT2D eigenvalue weighted by Crippen LogP contribution is -2.45. The van der Waals surface area contributed by atoms with Crippen LogP contribution in [0.5, 0.6) is 5.75 Å². The van der Waals surface area contributed by atoms with Crippen LogP contribution >= 0.6 is 0 Å². The van der Waals surface area contributed by atoms with Gasteiger partial charge in [-0.2, -0.15) is 0 Å². The van der Waals surface area contributed by atoms with E-state index >= 15 is 0 Å². The second-order valence-corrected chi connectivity index (χ2v) is 10.5. The van der Waals surface area contributed by atoms with Gasteiger partial charge in [0.15, 0.2) is 0 Å². The molecule has 0 saturated carbocycles. The summed E-state index contributed by atoms with van der Waals surface area (Å²) in [5.41, 5.74) is 3.78.